The van der Waals surface area contributed by atoms with Gasteiger partial charge in [0, 0.05) is 15.6 Å². The first-order valence-electron chi connectivity index (χ1n) is 7.60. The van der Waals surface area contributed by atoms with Crippen LogP contribution in [0.4, 0.5) is 0 Å². The summed E-state index contributed by atoms with van der Waals surface area (Å²) >= 11 is 3.42. The summed E-state index contributed by atoms with van der Waals surface area (Å²) in [5.41, 5.74) is 0.567. The Hall–Kier alpha value is -2.14. The van der Waals surface area contributed by atoms with E-state index in [-0.39, 0.29) is 5.91 Å². The van der Waals surface area contributed by atoms with Gasteiger partial charge in [-0.15, -0.1) is 0 Å². The van der Waals surface area contributed by atoms with Gasteiger partial charge in [-0.25, -0.2) is 4.79 Å². The van der Waals surface area contributed by atoms with E-state index < -0.39 is 17.6 Å². The highest BCUT2D eigenvalue weighted by Crippen LogP contribution is 2.27. The first-order chi connectivity index (χ1) is 11.3. The number of carbonyl (C=O) groups is 2. The predicted molar refractivity (Wildman–Crippen MR) is 96.6 cm³/mol. The Kier molecular flexibility index (Phi) is 5.78. The van der Waals surface area contributed by atoms with Crippen molar-refractivity contribution in [3.63, 3.8) is 0 Å². The molecule has 0 heterocycles. The van der Waals surface area contributed by atoms with E-state index in [1.165, 1.54) is 0 Å². The van der Waals surface area contributed by atoms with Gasteiger partial charge in [0.2, 0.25) is 6.10 Å². The first kappa shape index (κ1) is 18.2. The van der Waals surface area contributed by atoms with E-state index in [1.807, 2.05) is 39.0 Å². The van der Waals surface area contributed by atoms with Crippen molar-refractivity contribution in [1.29, 1.82) is 0 Å². The molecule has 0 spiro atoms. The van der Waals surface area contributed by atoms with Gasteiger partial charge in [-0.05, 0) is 39.0 Å². The summed E-state index contributed by atoms with van der Waals surface area (Å²) in [5, 5.41) is 2.86. The van der Waals surface area contributed by atoms with E-state index in [2.05, 4.69) is 21.2 Å². The number of halogens is 1. The van der Waals surface area contributed by atoms with Gasteiger partial charge in [-0.3, -0.25) is 4.79 Å². The molecule has 0 saturated heterocycles. The Morgan fingerprint density at radius 1 is 1.00 bits per heavy atom. The molecule has 0 aromatic heterocycles. The van der Waals surface area contributed by atoms with Crippen LogP contribution in [0, 0.1) is 0 Å². The summed E-state index contributed by atoms with van der Waals surface area (Å²) in [7, 11) is 0. The number of nitrogens with one attached hydrogen (secondary N) is 1. The Morgan fingerprint density at radius 3 is 2.17 bits per heavy atom. The molecule has 0 aliphatic heterocycles. The number of esters is 1. The molecule has 1 N–H and O–H groups in total. The van der Waals surface area contributed by atoms with Crippen molar-refractivity contribution in [2.24, 2.45) is 0 Å². The minimum Gasteiger partial charge on any atom is -0.444 e. The zero-order chi connectivity index (χ0) is 17.7. The summed E-state index contributed by atoms with van der Waals surface area (Å²) in [5.74, 6) is -0.904. The van der Waals surface area contributed by atoms with E-state index >= 15 is 0 Å². The van der Waals surface area contributed by atoms with Gasteiger partial charge < -0.3 is 10.1 Å². The maximum absolute atomic E-state index is 12.7. The number of hydrogen-bond donors (Lipinski definition) is 1. The summed E-state index contributed by atoms with van der Waals surface area (Å²) < 4.78 is 6.24. The summed E-state index contributed by atoms with van der Waals surface area (Å²) in [4.78, 5) is 25.1. The summed E-state index contributed by atoms with van der Waals surface area (Å²) in [6.07, 6.45) is -1.03. The maximum atomic E-state index is 12.7. The summed E-state index contributed by atoms with van der Waals surface area (Å²) in [6, 6.07) is 15.8. The van der Waals surface area contributed by atoms with E-state index in [9.17, 15) is 9.59 Å². The average Bonchev–Trinajstić information content (AvgIpc) is 2.52. The number of carbonyl (C=O) groups excluding carboxylic acids is 2. The number of hydrogen-bond acceptors (Lipinski definition) is 3. The molecular formula is C19H20BrNO3. The van der Waals surface area contributed by atoms with Gasteiger partial charge in [-0.2, -0.15) is 0 Å². The quantitative estimate of drug-likeness (QED) is 0.794. The van der Waals surface area contributed by atoms with Crippen molar-refractivity contribution in [2.75, 3.05) is 0 Å². The maximum Gasteiger partial charge on any atom is 0.339 e. The van der Waals surface area contributed by atoms with Crippen LogP contribution < -0.4 is 5.32 Å². The van der Waals surface area contributed by atoms with E-state index in [0.29, 0.717) is 15.6 Å². The molecule has 0 fully saturated rings. The largest absolute Gasteiger partial charge is 0.444 e. The molecule has 0 aliphatic carbocycles. The molecule has 24 heavy (non-hydrogen) atoms. The highest BCUT2D eigenvalue weighted by molar-refractivity contribution is 9.10. The van der Waals surface area contributed by atoms with Gasteiger partial charge in [0.1, 0.15) is 0 Å². The van der Waals surface area contributed by atoms with Gasteiger partial charge in [0.15, 0.2) is 0 Å². The van der Waals surface area contributed by atoms with Gasteiger partial charge in [0.05, 0.1) is 5.56 Å². The molecule has 1 amide bonds. The molecule has 2 aromatic rings. The molecule has 2 rings (SSSR count). The van der Waals surface area contributed by atoms with Crippen molar-refractivity contribution >= 4 is 27.8 Å². The number of ether oxygens (including phenoxy) is 1. The third kappa shape index (κ3) is 4.93. The van der Waals surface area contributed by atoms with Gasteiger partial charge >= 0.3 is 5.97 Å². The van der Waals surface area contributed by atoms with Gasteiger partial charge in [-0.1, -0.05) is 52.3 Å². The second-order valence-corrected chi connectivity index (χ2v) is 7.27. The van der Waals surface area contributed by atoms with Crippen molar-refractivity contribution < 1.29 is 14.3 Å². The van der Waals surface area contributed by atoms with Crippen LogP contribution >= 0.6 is 15.9 Å². The lowest BCUT2D eigenvalue weighted by Crippen LogP contribution is -2.44. The minimum atomic E-state index is -1.03. The van der Waals surface area contributed by atoms with Crippen molar-refractivity contribution in [3.05, 3.63) is 70.2 Å². The van der Waals surface area contributed by atoms with Crippen LogP contribution in [-0.4, -0.2) is 17.4 Å². The normalized spacial score (nSPS) is 12.3. The van der Waals surface area contributed by atoms with E-state index in [0.717, 1.165) is 0 Å². The molecule has 0 radical (unpaired) electrons. The van der Waals surface area contributed by atoms with Crippen LogP contribution in [0.5, 0.6) is 0 Å². The standard InChI is InChI=1S/C19H20BrNO3/c1-19(2,3)21-17(22)16(14-11-7-8-12-15(14)20)24-18(23)13-9-5-4-6-10-13/h4-12,16H,1-3H3,(H,21,22). The zero-order valence-corrected chi connectivity index (χ0v) is 15.5. The SMILES string of the molecule is CC(C)(C)NC(=O)C(OC(=O)c1ccccc1)c1ccccc1Br. The Bertz CT molecular complexity index is 723. The molecule has 0 aliphatic rings. The van der Waals surface area contributed by atoms with E-state index in [1.54, 1.807) is 36.4 Å². The monoisotopic (exact) mass is 389 g/mol. The zero-order valence-electron chi connectivity index (χ0n) is 13.9. The first-order valence-corrected chi connectivity index (χ1v) is 8.40. The molecule has 0 saturated carbocycles. The van der Waals surface area contributed by atoms with Crippen LogP contribution in [0.1, 0.15) is 42.8 Å². The lowest BCUT2D eigenvalue weighted by Gasteiger charge is -2.25. The lowest BCUT2D eigenvalue weighted by molar-refractivity contribution is -0.131. The highest BCUT2D eigenvalue weighted by Gasteiger charge is 2.29. The molecule has 1 unspecified atom stereocenters. The highest BCUT2D eigenvalue weighted by atomic mass is 79.9. The fourth-order valence-corrected chi connectivity index (χ4v) is 2.62. The van der Waals surface area contributed by atoms with Crippen LogP contribution in [-0.2, 0) is 9.53 Å². The fourth-order valence-electron chi connectivity index (χ4n) is 2.13. The second kappa shape index (κ2) is 7.62. The molecule has 2 aromatic carbocycles. The van der Waals surface area contributed by atoms with Gasteiger partial charge in [0.25, 0.3) is 5.91 Å². The third-order valence-electron chi connectivity index (χ3n) is 3.16. The topological polar surface area (TPSA) is 55.4 Å². The molecular weight excluding hydrogens is 370 g/mol. The second-order valence-electron chi connectivity index (χ2n) is 6.41. The number of benzene rings is 2. The minimum absolute atomic E-state index is 0.362. The lowest BCUT2D eigenvalue weighted by atomic mass is 10.1. The van der Waals surface area contributed by atoms with Crippen molar-refractivity contribution in [1.82, 2.24) is 5.32 Å². The van der Waals surface area contributed by atoms with Crippen molar-refractivity contribution in [3.8, 4) is 0 Å². The van der Waals surface area contributed by atoms with Crippen LogP contribution in [0.25, 0.3) is 0 Å². The summed E-state index contributed by atoms with van der Waals surface area (Å²) in [6.45, 7) is 5.63. The molecule has 126 valence electrons. The molecule has 0 bridgehead atoms. The fraction of sp³-hybridized carbons (Fsp3) is 0.263. The Balaban J connectivity index is 2.31. The molecule has 5 heteroatoms. The van der Waals surface area contributed by atoms with Crippen LogP contribution in [0.15, 0.2) is 59.1 Å². The molecule has 1 atom stereocenters. The predicted octanol–water partition coefficient (Wildman–Crippen LogP) is 4.26. The Morgan fingerprint density at radius 2 is 1.58 bits per heavy atom. The third-order valence-corrected chi connectivity index (χ3v) is 3.88. The van der Waals surface area contributed by atoms with E-state index in [4.69, 9.17) is 4.74 Å². The molecule has 4 nitrogen and oxygen atoms in total. The van der Waals surface area contributed by atoms with Crippen LogP contribution in [0.3, 0.4) is 0 Å². The van der Waals surface area contributed by atoms with Crippen molar-refractivity contribution in [2.45, 2.75) is 32.4 Å². The average molecular weight is 390 g/mol. The number of rotatable bonds is 4. The Labute approximate surface area is 150 Å². The van der Waals surface area contributed by atoms with Crippen LogP contribution in [0.2, 0.25) is 0 Å². The smallest absolute Gasteiger partial charge is 0.339 e. The number of amides is 1.